The zero-order chi connectivity index (χ0) is 14.5. The molecule has 0 saturated heterocycles. The smallest absolute Gasteiger partial charge is 0.258 e. The molecule has 0 radical (unpaired) electrons. The molecule has 2 N–H and O–H groups in total. The van der Waals surface area contributed by atoms with Crippen LogP contribution in [-0.4, -0.2) is 30.3 Å². The van der Waals surface area contributed by atoms with E-state index in [9.17, 15) is 9.90 Å². The van der Waals surface area contributed by atoms with Crippen LogP contribution in [0.5, 0.6) is 5.75 Å². The van der Waals surface area contributed by atoms with Crippen LogP contribution in [-0.2, 0) is 4.79 Å². The van der Waals surface area contributed by atoms with Gasteiger partial charge in [0.1, 0.15) is 5.75 Å². The number of ether oxygens (including phenoxy) is 1. The van der Waals surface area contributed by atoms with E-state index in [1.807, 2.05) is 0 Å². The number of nitrogens with one attached hydrogen (secondary N) is 1. The molecule has 1 aliphatic rings. The summed E-state index contributed by atoms with van der Waals surface area (Å²) < 4.78 is 6.17. The number of benzene rings is 1. The zero-order valence-electron chi connectivity index (χ0n) is 10.9. The molecule has 0 spiro atoms. The second kappa shape index (κ2) is 7.29. The lowest BCUT2D eigenvalue weighted by molar-refractivity contribution is -0.124. The highest BCUT2D eigenvalue weighted by Gasteiger charge is 2.27. The summed E-state index contributed by atoms with van der Waals surface area (Å²) in [5.74, 6) is 0.577. The van der Waals surface area contributed by atoms with Crippen molar-refractivity contribution in [1.82, 2.24) is 5.32 Å². The third-order valence-electron chi connectivity index (χ3n) is 3.49. The van der Waals surface area contributed by atoms with Gasteiger partial charge in [0.15, 0.2) is 6.61 Å². The number of hydrogen-bond acceptors (Lipinski definition) is 3. The molecule has 0 heterocycles. The number of amides is 1. The van der Waals surface area contributed by atoms with E-state index in [-0.39, 0.29) is 31.1 Å². The fourth-order valence-corrected chi connectivity index (χ4v) is 3.23. The molecule has 1 aliphatic carbocycles. The molecule has 2 atom stereocenters. The standard InChI is InChI=1S/C14H17BrClNO3/c15-11-6-10(16)4-5-13(11)20-8-14(19)17-12-3-1-2-9(12)7-18/h4-6,9,12,18H,1-3,7-8H2,(H,17,19). The summed E-state index contributed by atoms with van der Waals surface area (Å²) in [7, 11) is 0. The zero-order valence-corrected chi connectivity index (χ0v) is 13.3. The number of hydrogen-bond donors (Lipinski definition) is 2. The van der Waals surface area contributed by atoms with Crippen LogP contribution in [0.3, 0.4) is 0 Å². The Kier molecular flexibility index (Phi) is 5.69. The van der Waals surface area contributed by atoms with Crippen molar-refractivity contribution in [2.75, 3.05) is 13.2 Å². The summed E-state index contributed by atoms with van der Waals surface area (Å²) in [6.07, 6.45) is 2.92. The molecule has 1 aromatic carbocycles. The first-order valence-electron chi connectivity index (χ1n) is 6.58. The molecule has 0 bridgehead atoms. The third kappa shape index (κ3) is 4.11. The van der Waals surface area contributed by atoms with Gasteiger partial charge < -0.3 is 15.2 Å². The molecule has 20 heavy (non-hydrogen) atoms. The Bertz CT molecular complexity index is 483. The predicted molar refractivity (Wildman–Crippen MR) is 81.0 cm³/mol. The summed E-state index contributed by atoms with van der Waals surface area (Å²) in [6.45, 7) is 0.0728. The molecular weight excluding hydrogens is 346 g/mol. The first-order chi connectivity index (χ1) is 9.60. The maximum Gasteiger partial charge on any atom is 0.258 e. The lowest BCUT2D eigenvalue weighted by atomic mass is 10.1. The van der Waals surface area contributed by atoms with Crippen molar-refractivity contribution >= 4 is 33.4 Å². The highest BCUT2D eigenvalue weighted by atomic mass is 79.9. The molecule has 6 heteroatoms. The van der Waals surface area contributed by atoms with Gasteiger partial charge in [0, 0.05) is 23.6 Å². The molecular formula is C14H17BrClNO3. The summed E-state index contributed by atoms with van der Waals surface area (Å²) in [6, 6.07) is 5.20. The number of halogens is 2. The maximum atomic E-state index is 11.9. The number of carbonyl (C=O) groups is 1. The van der Waals surface area contributed by atoms with Gasteiger partial charge in [0.2, 0.25) is 0 Å². The molecule has 1 fully saturated rings. The Morgan fingerprint density at radius 2 is 2.30 bits per heavy atom. The highest BCUT2D eigenvalue weighted by molar-refractivity contribution is 9.10. The Morgan fingerprint density at radius 3 is 3.00 bits per heavy atom. The molecule has 0 aliphatic heterocycles. The van der Waals surface area contributed by atoms with Crippen LogP contribution in [0.15, 0.2) is 22.7 Å². The number of aliphatic hydroxyl groups excluding tert-OH is 1. The van der Waals surface area contributed by atoms with Gasteiger partial charge in [0.05, 0.1) is 4.47 Å². The van der Waals surface area contributed by atoms with Crippen molar-refractivity contribution in [2.24, 2.45) is 5.92 Å². The van der Waals surface area contributed by atoms with Gasteiger partial charge in [-0.1, -0.05) is 18.0 Å². The highest BCUT2D eigenvalue weighted by Crippen LogP contribution is 2.28. The lowest BCUT2D eigenvalue weighted by Gasteiger charge is -2.19. The SMILES string of the molecule is O=C(COc1ccc(Cl)cc1Br)NC1CCCC1CO. The van der Waals surface area contributed by atoms with Crippen molar-refractivity contribution < 1.29 is 14.6 Å². The van der Waals surface area contributed by atoms with E-state index in [0.717, 1.165) is 19.3 Å². The van der Waals surface area contributed by atoms with Gasteiger partial charge in [-0.25, -0.2) is 0 Å². The van der Waals surface area contributed by atoms with Crippen molar-refractivity contribution in [2.45, 2.75) is 25.3 Å². The van der Waals surface area contributed by atoms with Gasteiger partial charge in [-0.3, -0.25) is 4.79 Å². The fourth-order valence-electron chi connectivity index (χ4n) is 2.43. The Hall–Kier alpha value is -0.780. The van der Waals surface area contributed by atoms with Gasteiger partial charge >= 0.3 is 0 Å². The largest absolute Gasteiger partial charge is 0.483 e. The molecule has 2 unspecified atom stereocenters. The van der Waals surface area contributed by atoms with Crippen LogP contribution < -0.4 is 10.1 Å². The van der Waals surface area contributed by atoms with E-state index in [1.54, 1.807) is 18.2 Å². The number of aliphatic hydroxyl groups is 1. The van der Waals surface area contributed by atoms with Crippen LogP contribution in [0.1, 0.15) is 19.3 Å². The van der Waals surface area contributed by atoms with Crippen LogP contribution in [0.4, 0.5) is 0 Å². The van der Waals surface area contributed by atoms with E-state index in [4.69, 9.17) is 16.3 Å². The Balaban J connectivity index is 1.83. The minimum atomic E-state index is -0.169. The Morgan fingerprint density at radius 1 is 1.50 bits per heavy atom. The fraction of sp³-hybridized carbons (Fsp3) is 0.500. The minimum Gasteiger partial charge on any atom is -0.483 e. The first-order valence-corrected chi connectivity index (χ1v) is 7.75. The van der Waals surface area contributed by atoms with Gasteiger partial charge in [-0.2, -0.15) is 0 Å². The van der Waals surface area contributed by atoms with Crippen molar-refractivity contribution in [3.63, 3.8) is 0 Å². The van der Waals surface area contributed by atoms with Gasteiger partial charge in [0.25, 0.3) is 5.91 Å². The lowest BCUT2D eigenvalue weighted by Crippen LogP contribution is -2.40. The third-order valence-corrected chi connectivity index (χ3v) is 4.35. The van der Waals surface area contributed by atoms with Crippen molar-refractivity contribution in [3.8, 4) is 5.75 Å². The molecule has 2 rings (SSSR count). The molecule has 4 nitrogen and oxygen atoms in total. The van der Waals surface area contributed by atoms with Crippen molar-refractivity contribution in [1.29, 1.82) is 0 Å². The summed E-state index contributed by atoms with van der Waals surface area (Å²) in [4.78, 5) is 11.9. The molecule has 1 amide bonds. The maximum absolute atomic E-state index is 11.9. The average Bonchev–Trinajstić information content (AvgIpc) is 2.85. The van der Waals surface area contributed by atoms with E-state index < -0.39 is 0 Å². The van der Waals surface area contributed by atoms with Gasteiger partial charge in [-0.15, -0.1) is 0 Å². The first kappa shape index (κ1) is 15.6. The molecule has 1 aromatic rings. The second-order valence-corrected chi connectivity index (χ2v) is 6.20. The van der Waals surface area contributed by atoms with E-state index in [2.05, 4.69) is 21.2 Å². The molecule has 1 saturated carbocycles. The normalized spacial score (nSPS) is 21.8. The average molecular weight is 363 g/mol. The minimum absolute atomic E-state index is 0.0467. The molecule has 110 valence electrons. The topological polar surface area (TPSA) is 58.6 Å². The molecule has 0 aromatic heterocycles. The van der Waals surface area contributed by atoms with Crippen LogP contribution in [0.25, 0.3) is 0 Å². The van der Waals surface area contributed by atoms with Gasteiger partial charge in [-0.05, 0) is 47.0 Å². The van der Waals surface area contributed by atoms with E-state index in [0.29, 0.717) is 15.2 Å². The van der Waals surface area contributed by atoms with Crippen molar-refractivity contribution in [3.05, 3.63) is 27.7 Å². The monoisotopic (exact) mass is 361 g/mol. The van der Waals surface area contributed by atoms with Crippen LogP contribution in [0, 0.1) is 5.92 Å². The second-order valence-electron chi connectivity index (χ2n) is 4.91. The quantitative estimate of drug-likeness (QED) is 0.847. The Labute approximate surface area is 131 Å². The predicted octanol–water partition coefficient (Wildman–Crippen LogP) is 2.76. The van der Waals surface area contributed by atoms with E-state index >= 15 is 0 Å². The number of carbonyl (C=O) groups excluding carboxylic acids is 1. The summed E-state index contributed by atoms with van der Waals surface area (Å²) in [5.41, 5.74) is 0. The van der Waals surface area contributed by atoms with Crippen LogP contribution >= 0.6 is 27.5 Å². The summed E-state index contributed by atoms with van der Waals surface area (Å²) >= 11 is 9.17. The number of rotatable bonds is 5. The van der Waals surface area contributed by atoms with Crippen LogP contribution in [0.2, 0.25) is 5.02 Å². The van der Waals surface area contributed by atoms with E-state index in [1.165, 1.54) is 0 Å². The summed E-state index contributed by atoms with van der Waals surface area (Å²) in [5, 5.41) is 12.7.